The maximum Gasteiger partial charge on any atom is 0.222 e. The number of aryl methyl sites for hydroxylation is 1. The van der Waals surface area contributed by atoms with E-state index in [2.05, 4.69) is 56.9 Å². The monoisotopic (exact) mass is 408 g/mol. The molecule has 0 bridgehead atoms. The summed E-state index contributed by atoms with van der Waals surface area (Å²) in [5, 5.41) is 8.19. The first kappa shape index (κ1) is 21.3. The number of anilines is 2. The highest BCUT2D eigenvalue weighted by molar-refractivity contribution is 5.86. The fourth-order valence-corrected chi connectivity index (χ4v) is 3.60. The van der Waals surface area contributed by atoms with Gasteiger partial charge in [0.1, 0.15) is 5.82 Å². The summed E-state index contributed by atoms with van der Waals surface area (Å²) in [5.41, 5.74) is 12.0. The van der Waals surface area contributed by atoms with E-state index in [1.54, 1.807) is 0 Å². The van der Waals surface area contributed by atoms with Crippen LogP contribution in [0, 0.1) is 6.92 Å². The molecule has 0 saturated carbocycles. The molecule has 8 heteroatoms. The van der Waals surface area contributed by atoms with Crippen molar-refractivity contribution < 1.29 is 0 Å². The number of nitrogens with one attached hydrogen (secondary N) is 3. The minimum atomic E-state index is 0. The Labute approximate surface area is 171 Å². The van der Waals surface area contributed by atoms with Gasteiger partial charge in [0, 0.05) is 42.2 Å². The third-order valence-electron chi connectivity index (χ3n) is 4.90. The van der Waals surface area contributed by atoms with E-state index < -0.39 is 0 Å². The summed E-state index contributed by atoms with van der Waals surface area (Å²) in [5.74, 6) is 1.24. The van der Waals surface area contributed by atoms with Crippen LogP contribution in [0.15, 0.2) is 24.4 Å². The number of nitrogen functional groups attached to an aromatic ring is 1. The van der Waals surface area contributed by atoms with Crippen molar-refractivity contribution in [3.05, 3.63) is 46.8 Å². The Balaban J connectivity index is 0.00000131. The van der Waals surface area contributed by atoms with Crippen molar-refractivity contribution in [3.63, 3.8) is 0 Å². The number of hydrogen-bond donors (Lipinski definition) is 4. The molecule has 27 heavy (non-hydrogen) atoms. The van der Waals surface area contributed by atoms with Crippen LogP contribution in [-0.2, 0) is 19.3 Å². The quantitative estimate of drug-likeness (QED) is 0.532. The van der Waals surface area contributed by atoms with Gasteiger partial charge in [0.2, 0.25) is 5.95 Å². The van der Waals surface area contributed by atoms with Crippen molar-refractivity contribution in [2.75, 3.05) is 30.7 Å². The highest BCUT2D eigenvalue weighted by Gasteiger charge is 2.15. The minimum Gasteiger partial charge on any atom is -0.369 e. The molecule has 146 valence electrons. The van der Waals surface area contributed by atoms with Crippen LogP contribution in [0.3, 0.4) is 0 Å². The van der Waals surface area contributed by atoms with Crippen molar-refractivity contribution in [3.8, 4) is 0 Å². The van der Waals surface area contributed by atoms with Gasteiger partial charge in [0.25, 0.3) is 0 Å². The predicted octanol–water partition coefficient (Wildman–Crippen LogP) is 3.03. The van der Waals surface area contributed by atoms with Gasteiger partial charge in [-0.05, 0) is 37.4 Å². The SMILES string of the molecule is Cc1cccc2c(CCNc3nc(N)nc4c3CCNCC4)c[nH]c12.Cl.Cl. The van der Waals surface area contributed by atoms with Gasteiger partial charge >= 0.3 is 0 Å². The second-order valence-electron chi connectivity index (χ2n) is 6.59. The van der Waals surface area contributed by atoms with E-state index in [-0.39, 0.29) is 24.8 Å². The first-order valence-electron chi connectivity index (χ1n) is 8.88. The zero-order valence-electron chi connectivity index (χ0n) is 15.3. The summed E-state index contributed by atoms with van der Waals surface area (Å²) in [4.78, 5) is 12.3. The number of aromatic nitrogens is 3. The highest BCUT2D eigenvalue weighted by atomic mass is 35.5. The summed E-state index contributed by atoms with van der Waals surface area (Å²) in [7, 11) is 0. The number of rotatable bonds is 4. The molecule has 0 spiro atoms. The number of H-pyrrole nitrogens is 1. The Bertz CT molecular complexity index is 909. The van der Waals surface area contributed by atoms with Gasteiger partial charge in [-0.1, -0.05) is 18.2 Å². The third kappa shape index (κ3) is 4.46. The van der Waals surface area contributed by atoms with Crippen molar-refractivity contribution in [2.45, 2.75) is 26.2 Å². The molecule has 3 heterocycles. The van der Waals surface area contributed by atoms with Crippen molar-refractivity contribution >= 4 is 47.5 Å². The lowest BCUT2D eigenvalue weighted by atomic mass is 10.1. The molecule has 1 aliphatic heterocycles. The maximum atomic E-state index is 5.90. The normalized spacial score (nSPS) is 13.2. The maximum absolute atomic E-state index is 5.90. The average Bonchev–Trinajstić information content (AvgIpc) is 2.86. The fraction of sp³-hybridized carbons (Fsp3) is 0.368. The molecule has 0 fully saturated rings. The highest BCUT2D eigenvalue weighted by Crippen LogP contribution is 2.23. The lowest BCUT2D eigenvalue weighted by molar-refractivity contribution is 0.708. The van der Waals surface area contributed by atoms with E-state index >= 15 is 0 Å². The van der Waals surface area contributed by atoms with E-state index in [1.165, 1.54) is 27.6 Å². The van der Waals surface area contributed by atoms with E-state index in [9.17, 15) is 0 Å². The van der Waals surface area contributed by atoms with Crippen LogP contribution in [0.5, 0.6) is 0 Å². The van der Waals surface area contributed by atoms with Crippen LogP contribution < -0.4 is 16.4 Å². The molecule has 0 aliphatic carbocycles. The zero-order valence-corrected chi connectivity index (χ0v) is 17.0. The summed E-state index contributed by atoms with van der Waals surface area (Å²) in [6, 6.07) is 6.42. The number of benzene rings is 1. The first-order valence-corrected chi connectivity index (χ1v) is 8.88. The number of hydrogen-bond acceptors (Lipinski definition) is 5. The van der Waals surface area contributed by atoms with Crippen LogP contribution in [0.2, 0.25) is 0 Å². The van der Waals surface area contributed by atoms with E-state index in [0.29, 0.717) is 5.95 Å². The van der Waals surface area contributed by atoms with Crippen molar-refractivity contribution in [1.29, 1.82) is 0 Å². The van der Waals surface area contributed by atoms with Crippen LogP contribution in [0.1, 0.15) is 22.4 Å². The zero-order chi connectivity index (χ0) is 17.2. The average molecular weight is 409 g/mol. The van der Waals surface area contributed by atoms with Gasteiger partial charge in [0.05, 0.1) is 5.69 Å². The Morgan fingerprint density at radius 2 is 1.96 bits per heavy atom. The molecule has 1 aliphatic rings. The number of halogens is 2. The largest absolute Gasteiger partial charge is 0.369 e. The smallest absolute Gasteiger partial charge is 0.222 e. The molecule has 5 N–H and O–H groups in total. The van der Waals surface area contributed by atoms with Gasteiger partial charge in [-0.25, -0.2) is 4.98 Å². The van der Waals surface area contributed by atoms with E-state index in [4.69, 9.17) is 5.73 Å². The van der Waals surface area contributed by atoms with Gasteiger partial charge in [0.15, 0.2) is 0 Å². The fourth-order valence-electron chi connectivity index (χ4n) is 3.60. The molecular weight excluding hydrogens is 383 g/mol. The van der Waals surface area contributed by atoms with Gasteiger partial charge < -0.3 is 21.4 Å². The Kier molecular flexibility index (Phi) is 7.30. The number of nitrogens with two attached hydrogens (primary N) is 1. The van der Waals surface area contributed by atoms with Crippen molar-refractivity contribution in [1.82, 2.24) is 20.3 Å². The molecule has 3 aromatic rings. The molecule has 0 saturated heterocycles. The van der Waals surface area contributed by atoms with Gasteiger partial charge in [-0.15, -0.1) is 24.8 Å². The minimum absolute atomic E-state index is 0. The van der Waals surface area contributed by atoms with Crippen LogP contribution in [-0.4, -0.2) is 34.6 Å². The van der Waals surface area contributed by atoms with Gasteiger partial charge in [-0.2, -0.15) is 4.98 Å². The lowest BCUT2D eigenvalue weighted by Crippen LogP contribution is -2.16. The van der Waals surface area contributed by atoms with Crippen LogP contribution in [0.25, 0.3) is 10.9 Å². The summed E-state index contributed by atoms with van der Waals surface area (Å²) in [6.45, 7) is 4.85. The standard InChI is InChI=1S/C19H24N6.2ClH/c1-12-3-2-4-14-13(11-23-17(12)14)5-10-22-18-15-6-8-21-9-7-16(15)24-19(20)25-18;;/h2-4,11,21,23H,5-10H2,1H3,(H3,20,22,24,25);2*1H. The van der Waals surface area contributed by atoms with E-state index in [0.717, 1.165) is 50.4 Å². The Morgan fingerprint density at radius 3 is 2.81 bits per heavy atom. The number of aromatic amines is 1. The number of nitrogens with zero attached hydrogens (tertiary/aromatic N) is 2. The molecule has 2 aromatic heterocycles. The molecule has 0 amide bonds. The molecule has 1 aromatic carbocycles. The summed E-state index contributed by atoms with van der Waals surface area (Å²) >= 11 is 0. The molecular formula is C19H26Cl2N6. The summed E-state index contributed by atoms with van der Waals surface area (Å²) in [6.07, 6.45) is 4.88. The summed E-state index contributed by atoms with van der Waals surface area (Å²) < 4.78 is 0. The first-order chi connectivity index (χ1) is 12.2. The predicted molar refractivity (Wildman–Crippen MR) is 116 cm³/mol. The molecule has 6 nitrogen and oxygen atoms in total. The van der Waals surface area contributed by atoms with Gasteiger partial charge in [-0.3, -0.25) is 0 Å². The van der Waals surface area contributed by atoms with Crippen molar-refractivity contribution in [2.24, 2.45) is 0 Å². The topological polar surface area (TPSA) is 91.7 Å². The van der Waals surface area contributed by atoms with E-state index in [1.807, 2.05) is 0 Å². The Hall–Kier alpha value is -2.02. The second-order valence-corrected chi connectivity index (χ2v) is 6.59. The molecule has 0 unspecified atom stereocenters. The van der Waals surface area contributed by atoms with Crippen LogP contribution in [0.4, 0.5) is 11.8 Å². The van der Waals surface area contributed by atoms with Crippen LogP contribution >= 0.6 is 24.8 Å². The molecule has 0 atom stereocenters. The number of para-hydroxylation sites is 1. The Morgan fingerprint density at radius 1 is 1.15 bits per heavy atom. The number of fused-ring (bicyclic) bond motifs is 2. The third-order valence-corrected chi connectivity index (χ3v) is 4.90. The molecule has 4 rings (SSSR count). The second kappa shape index (κ2) is 9.26. The molecule has 0 radical (unpaired) electrons. The lowest BCUT2D eigenvalue weighted by Gasteiger charge is -2.13.